The second-order valence-corrected chi connectivity index (χ2v) is 6.42. The Morgan fingerprint density at radius 3 is 2.27 bits per heavy atom. The van der Waals surface area contributed by atoms with E-state index in [9.17, 15) is 0 Å². The molecular weight excluding hydrogens is 182 g/mol. The van der Waals surface area contributed by atoms with Gasteiger partial charge in [-0.3, -0.25) is 0 Å². The van der Waals surface area contributed by atoms with Crippen molar-refractivity contribution in [3.63, 3.8) is 0 Å². The van der Waals surface area contributed by atoms with E-state index >= 15 is 0 Å². The molecule has 3 saturated carbocycles. The van der Waals surface area contributed by atoms with Gasteiger partial charge in [0.1, 0.15) is 0 Å². The SMILES string of the molecule is CC(NC(C)C1CC2CCC1C2)C1CC1. The van der Waals surface area contributed by atoms with Crippen LogP contribution >= 0.6 is 0 Å². The fourth-order valence-electron chi connectivity index (χ4n) is 4.18. The Bertz CT molecular complexity index is 233. The van der Waals surface area contributed by atoms with Crippen molar-refractivity contribution < 1.29 is 0 Å². The molecule has 1 N–H and O–H groups in total. The van der Waals surface area contributed by atoms with Crippen molar-refractivity contribution in [3.05, 3.63) is 0 Å². The molecule has 1 nitrogen and oxygen atoms in total. The molecule has 0 aromatic carbocycles. The molecule has 2 bridgehead atoms. The van der Waals surface area contributed by atoms with Crippen molar-refractivity contribution in [1.29, 1.82) is 0 Å². The first kappa shape index (κ1) is 10.1. The molecule has 0 radical (unpaired) electrons. The first-order valence-electron chi connectivity index (χ1n) is 7.00. The van der Waals surface area contributed by atoms with Crippen LogP contribution in [0.25, 0.3) is 0 Å². The Balaban J connectivity index is 1.53. The minimum Gasteiger partial charge on any atom is -0.311 e. The van der Waals surface area contributed by atoms with Gasteiger partial charge in [-0.25, -0.2) is 0 Å². The van der Waals surface area contributed by atoms with Crippen molar-refractivity contribution in [2.45, 2.75) is 64.5 Å². The molecule has 86 valence electrons. The average Bonchev–Trinajstić information content (AvgIpc) is 2.87. The average molecular weight is 207 g/mol. The molecule has 15 heavy (non-hydrogen) atoms. The zero-order chi connectivity index (χ0) is 10.4. The summed E-state index contributed by atoms with van der Waals surface area (Å²) in [6.45, 7) is 4.83. The molecule has 0 saturated heterocycles. The summed E-state index contributed by atoms with van der Waals surface area (Å²) in [6.07, 6.45) is 9.07. The van der Waals surface area contributed by atoms with Crippen molar-refractivity contribution in [2.24, 2.45) is 23.7 Å². The fraction of sp³-hybridized carbons (Fsp3) is 1.00. The number of nitrogens with one attached hydrogen (secondary N) is 1. The van der Waals surface area contributed by atoms with Crippen LogP contribution in [0.4, 0.5) is 0 Å². The van der Waals surface area contributed by atoms with Crippen molar-refractivity contribution in [1.82, 2.24) is 5.32 Å². The molecule has 0 aliphatic heterocycles. The second kappa shape index (κ2) is 3.76. The van der Waals surface area contributed by atoms with Gasteiger partial charge in [-0.05, 0) is 69.6 Å². The second-order valence-electron chi connectivity index (χ2n) is 6.42. The van der Waals surface area contributed by atoms with E-state index in [1.807, 2.05) is 0 Å². The third kappa shape index (κ3) is 1.95. The highest BCUT2D eigenvalue weighted by Gasteiger charge is 2.42. The van der Waals surface area contributed by atoms with E-state index in [0.717, 1.165) is 35.8 Å². The summed E-state index contributed by atoms with van der Waals surface area (Å²) in [5.74, 6) is 4.18. The molecule has 3 fully saturated rings. The van der Waals surface area contributed by atoms with Crippen LogP contribution in [0.2, 0.25) is 0 Å². The molecule has 0 amide bonds. The van der Waals surface area contributed by atoms with Crippen molar-refractivity contribution >= 4 is 0 Å². The summed E-state index contributed by atoms with van der Waals surface area (Å²) in [4.78, 5) is 0. The van der Waals surface area contributed by atoms with E-state index in [1.54, 1.807) is 6.42 Å². The predicted molar refractivity (Wildman–Crippen MR) is 63.7 cm³/mol. The quantitative estimate of drug-likeness (QED) is 0.746. The summed E-state index contributed by atoms with van der Waals surface area (Å²) >= 11 is 0. The van der Waals surface area contributed by atoms with Gasteiger partial charge in [0.05, 0.1) is 0 Å². The van der Waals surface area contributed by atoms with Crippen LogP contribution < -0.4 is 5.32 Å². The molecule has 0 spiro atoms. The van der Waals surface area contributed by atoms with Gasteiger partial charge in [0, 0.05) is 12.1 Å². The zero-order valence-electron chi connectivity index (χ0n) is 10.2. The minimum atomic E-state index is 0.774. The van der Waals surface area contributed by atoms with E-state index in [0.29, 0.717) is 0 Å². The largest absolute Gasteiger partial charge is 0.311 e. The molecule has 3 aliphatic rings. The normalized spacial score (nSPS) is 43.2. The molecule has 0 aromatic heterocycles. The topological polar surface area (TPSA) is 12.0 Å². The number of hydrogen-bond acceptors (Lipinski definition) is 1. The summed E-state index contributed by atoms with van der Waals surface area (Å²) < 4.78 is 0. The summed E-state index contributed by atoms with van der Waals surface area (Å²) in [5, 5.41) is 3.87. The van der Waals surface area contributed by atoms with E-state index in [-0.39, 0.29) is 0 Å². The monoisotopic (exact) mass is 207 g/mol. The maximum atomic E-state index is 3.87. The summed E-state index contributed by atoms with van der Waals surface area (Å²) in [7, 11) is 0. The molecule has 3 rings (SSSR count). The van der Waals surface area contributed by atoms with Crippen LogP contribution in [0.5, 0.6) is 0 Å². The summed E-state index contributed by atoms with van der Waals surface area (Å²) in [6, 6.07) is 1.55. The van der Waals surface area contributed by atoms with Gasteiger partial charge in [0.15, 0.2) is 0 Å². The summed E-state index contributed by atoms with van der Waals surface area (Å²) in [5.41, 5.74) is 0. The van der Waals surface area contributed by atoms with Crippen molar-refractivity contribution in [3.8, 4) is 0 Å². The number of rotatable bonds is 4. The Kier molecular flexibility index (Phi) is 2.54. The molecule has 5 atom stereocenters. The lowest BCUT2D eigenvalue weighted by molar-refractivity contribution is 0.242. The van der Waals surface area contributed by atoms with Crippen LogP contribution in [0.1, 0.15) is 52.4 Å². The highest BCUT2D eigenvalue weighted by molar-refractivity contribution is 4.95. The molecular formula is C14H25N. The Morgan fingerprint density at radius 2 is 1.73 bits per heavy atom. The van der Waals surface area contributed by atoms with Gasteiger partial charge < -0.3 is 5.32 Å². The van der Waals surface area contributed by atoms with Crippen LogP contribution in [0.3, 0.4) is 0 Å². The van der Waals surface area contributed by atoms with Gasteiger partial charge >= 0.3 is 0 Å². The van der Waals surface area contributed by atoms with E-state index in [4.69, 9.17) is 0 Å². The van der Waals surface area contributed by atoms with E-state index in [2.05, 4.69) is 19.2 Å². The van der Waals surface area contributed by atoms with Gasteiger partial charge in [-0.1, -0.05) is 6.42 Å². The molecule has 3 aliphatic carbocycles. The van der Waals surface area contributed by atoms with E-state index < -0.39 is 0 Å². The molecule has 1 heteroatoms. The lowest BCUT2D eigenvalue weighted by atomic mass is 9.83. The Morgan fingerprint density at radius 1 is 0.933 bits per heavy atom. The van der Waals surface area contributed by atoms with Crippen LogP contribution in [-0.4, -0.2) is 12.1 Å². The maximum Gasteiger partial charge on any atom is 0.00723 e. The van der Waals surface area contributed by atoms with Gasteiger partial charge in [0.25, 0.3) is 0 Å². The van der Waals surface area contributed by atoms with Gasteiger partial charge in [-0.15, -0.1) is 0 Å². The first-order valence-corrected chi connectivity index (χ1v) is 7.00. The lowest BCUT2D eigenvalue weighted by Crippen LogP contribution is -2.42. The van der Waals surface area contributed by atoms with Crippen molar-refractivity contribution in [2.75, 3.05) is 0 Å². The fourth-order valence-corrected chi connectivity index (χ4v) is 4.18. The highest BCUT2D eigenvalue weighted by Crippen LogP contribution is 2.49. The zero-order valence-corrected chi connectivity index (χ0v) is 10.2. The van der Waals surface area contributed by atoms with Crippen LogP contribution in [-0.2, 0) is 0 Å². The molecule has 0 aromatic rings. The molecule has 5 unspecified atom stereocenters. The smallest absolute Gasteiger partial charge is 0.00723 e. The Hall–Kier alpha value is -0.0400. The molecule has 0 heterocycles. The van der Waals surface area contributed by atoms with Crippen LogP contribution in [0.15, 0.2) is 0 Å². The predicted octanol–water partition coefficient (Wildman–Crippen LogP) is 3.20. The number of fused-ring (bicyclic) bond motifs is 2. The number of hydrogen-bond donors (Lipinski definition) is 1. The maximum absolute atomic E-state index is 3.87. The van der Waals surface area contributed by atoms with Gasteiger partial charge in [-0.2, -0.15) is 0 Å². The van der Waals surface area contributed by atoms with E-state index in [1.165, 1.54) is 32.1 Å². The van der Waals surface area contributed by atoms with Crippen LogP contribution in [0, 0.1) is 23.7 Å². The standard InChI is InChI=1S/C14H25N/c1-9(12-5-6-12)15-10(2)14-8-11-3-4-13(14)7-11/h9-15H,3-8H2,1-2H3. The third-order valence-electron chi connectivity index (χ3n) is 5.29. The van der Waals surface area contributed by atoms with Gasteiger partial charge in [0.2, 0.25) is 0 Å². The highest BCUT2D eigenvalue weighted by atomic mass is 15.0. The first-order chi connectivity index (χ1) is 7.24. The third-order valence-corrected chi connectivity index (χ3v) is 5.29. The lowest BCUT2D eigenvalue weighted by Gasteiger charge is -2.31. The Labute approximate surface area is 94.0 Å². The minimum absolute atomic E-state index is 0.774.